The van der Waals surface area contributed by atoms with Crippen molar-refractivity contribution in [3.05, 3.63) is 34.9 Å². The molecule has 1 aromatic rings. The molecule has 0 spiro atoms. The van der Waals surface area contributed by atoms with Crippen molar-refractivity contribution in [1.29, 1.82) is 0 Å². The molecule has 0 atom stereocenters. The van der Waals surface area contributed by atoms with Crippen LogP contribution in [0.25, 0.3) is 0 Å². The summed E-state index contributed by atoms with van der Waals surface area (Å²) in [5, 5.41) is 0.763. The summed E-state index contributed by atoms with van der Waals surface area (Å²) in [5.41, 5.74) is 1.22. The summed E-state index contributed by atoms with van der Waals surface area (Å²) in [4.78, 5) is 2.29. The quantitative estimate of drug-likeness (QED) is 0.845. The maximum absolute atomic E-state index is 11.4. The standard InChI is InChI=1S/C13H19ClN2O2S/c1-19(17,18)16-9-7-15(8-10-16)6-5-12-3-2-4-13(14)11-12/h2-4,11H,5-10H2,1H3. The number of hydrogen-bond acceptors (Lipinski definition) is 3. The maximum atomic E-state index is 11.4. The molecule has 1 heterocycles. The number of nitrogens with zero attached hydrogens (tertiary/aromatic N) is 2. The first-order valence-electron chi connectivity index (χ1n) is 6.37. The van der Waals surface area contributed by atoms with Gasteiger partial charge >= 0.3 is 0 Å². The van der Waals surface area contributed by atoms with E-state index in [2.05, 4.69) is 11.0 Å². The van der Waals surface area contributed by atoms with Gasteiger partial charge in [-0.2, -0.15) is 4.31 Å². The van der Waals surface area contributed by atoms with E-state index in [0.29, 0.717) is 13.1 Å². The number of halogens is 1. The summed E-state index contributed by atoms with van der Waals surface area (Å²) in [6, 6.07) is 7.88. The van der Waals surface area contributed by atoms with Gasteiger partial charge in [-0.15, -0.1) is 0 Å². The fourth-order valence-electron chi connectivity index (χ4n) is 2.26. The Morgan fingerprint density at radius 3 is 2.47 bits per heavy atom. The Labute approximate surface area is 120 Å². The molecule has 0 bridgehead atoms. The zero-order valence-corrected chi connectivity index (χ0v) is 12.6. The van der Waals surface area contributed by atoms with Crippen LogP contribution < -0.4 is 0 Å². The molecule has 4 nitrogen and oxygen atoms in total. The van der Waals surface area contributed by atoms with Crippen molar-refractivity contribution in [2.75, 3.05) is 39.0 Å². The molecule has 1 aliphatic rings. The molecule has 0 aliphatic carbocycles. The van der Waals surface area contributed by atoms with E-state index < -0.39 is 10.0 Å². The van der Waals surface area contributed by atoms with Gasteiger partial charge in [-0.25, -0.2) is 8.42 Å². The van der Waals surface area contributed by atoms with Gasteiger partial charge < -0.3 is 4.90 Å². The molecule has 19 heavy (non-hydrogen) atoms. The molecule has 1 aliphatic heterocycles. The van der Waals surface area contributed by atoms with Gasteiger partial charge in [0.15, 0.2) is 0 Å². The van der Waals surface area contributed by atoms with Crippen molar-refractivity contribution in [3.63, 3.8) is 0 Å². The van der Waals surface area contributed by atoms with Gasteiger partial charge in [0, 0.05) is 37.7 Å². The molecule has 1 aromatic carbocycles. The molecular formula is C13H19ClN2O2S. The number of piperazine rings is 1. The number of hydrogen-bond donors (Lipinski definition) is 0. The van der Waals surface area contributed by atoms with Crippen LogP contribution in [0, 0.1) is 0 Å². The Hall–Kier alpha value is -0.620. The van der Waals surface area contributed by atoms with Crippen LogP contribution in [0.1, 0.15) is 5.56 Å². The zero-order chi connectivity index (χ0) is 13.9. The van der Waals surface area contributed by atoms with E-state index in [4.69, 9.17) is 11.6 Å². The van der Waals surface area contributed by atoms with Crippen LogP contribution in [-0.4, -0.2) is 56.6 Å². The van der Waals surface area contributed by atoms with E-state index >= 15 is 0 Å². The molecule has 0 saturated carbocycles. The van der Waals surface area contributed by atoms with Crippen molar-refractivity contribution in [2.45, 2.75) is 6.42 Å². The average Bonchev–Trinajstić information content (AvgIpc) is 2.36. The minimum absolute atomic E-state index is 0.592. The van der Waals surface area contributed by atoms with E-state index in [-0.39, 0.29) is 0 Å². The van der Waals surface area contributed by atoms with E-state index in [1.54, 1.807) is 4.31 Å². The summed E-state index contributed by atoms with van der Waals surface area (Å²) >= 11 is 5.95. The molecule has 2 rings (SSSR count). The summed E-state index contributed by atoms with van der Waals surface area (Å²) in [7, 11) is -3.03. The first-order valence-corrected chi connectivity index (χ1v) is 8.60. The maximum Gasteiger partial charge on any atom is 0.211 e. The zero-order valence-electron chi connectivity index (χ0n) is 11.0. The van der Waals surface area contributed by atoms with Gasteiger partial charge in [0.25, 0.3) is 0 Å². The lowest BCUT2D eigenvalue weighted by molar-refractivity contribution is 0.191. The summed E-state index contributed by atoms with van der Waals surface area (Å²) in [6.07, 6.45) is 2.22. The molecular weight excluding hydrogens is 284 g/mol. The van der Waals surface area contributed by atoms with E-state index in [0.717, 1.165) is 31.1 Å². The van der Waals surface area contributed by atoms with Crippen molar-refractivity contribution < 1.29 is 8.42 Å². The Morgan fingerprint density at radius 1 is 1.21 bits per heavy atom. The first kappa shape index (κ1) is 14.8. The van der Waals surface area contributed by atoms with Crippen LogP contribution in [0.2, 0.25) is 5.02 Å². The first-order chi connectivity index (χ1) is 8.95. The topological polar surface area (TPSA) is 40.6 Å². The van der Waals surface area contributed by atoms with Gasteiger partial charge in [0.1, 0.15) is 0 Å². The highest BCUT2D eigenvalue weighted by Crippen LogP contribution is 2.12. The highest BCUT2D eigenvalue weighted by molar-refractivity contribution is 7.88. The minimum Gasteiger partial charge on any atom is -0.300 e. The smallest absolute Gasteiger partial charge is 0.211 e. The van der Waals surface area contributed by atoms with Crippen LogP contribution in [0.4, 0.5) is 0 Å². The molecule has 0 N–H and O–H groups in total. The third-order valence-corrected chi connectivity index (χ3v) is 4.94. The van der Waals surface area contributed by atoms with Gasteiger partial charge in [0.2, 0.25) is 10.0 Å². The van der Waals surface area contributed by atoms with Crippen LogP contribution in [0.15, 0.2) is 24.3 Å². The highest BCUT2D eigenvalue weighted by atomic mass is 35.5. The lowest BCUT2D eigenvalue weighted by Gasteiger charge is -2.33. The van der Waals surface area contributed by atoms with Crippen LogP contribution >= 0.6 is 11.6 Å². The highest BCUT2D eigenvalue weighted by Gasteiger charge is 2.22. The number of sulfonamides is 1. The largest absolute Gasteiger partial charge is 0.300 e. The van der Waals surface area contributed by atoms with Gasteiger partial charge in [0.05, 0.1) is 6.26 Å². The molecule has 0 aromatic heterocycles. The fourth-order valence-corrected chi connectivity index (χ4v) is 3.30. The van der Waals surface area contributed by atoms with Crippen molar-refractivity contribution in [1.82, 2.24) is 9.21 Å². The monoisotopic (exact) mass is 302 g/mol. The van der Waals surface area contributed by atoms with Crippen LogP contribution in [0.5, 0.6) is 0 Å². The second kappa shape index (κ2) is 6.22. The van der Waals surface area contributed by atoms with Crippen LogP contribution in [-0.2, 0) is 16.4 Å². The number of benzene rings is 1. The SMILES string of the molecule is CS(=O)(=O)N1CCN(CCc2cccc(Cl)c2)CC1. The minimum atomic E-state index is -3.03. The van der Waals surface area contributed by atoms with E-state index in [1.165, 1.54) is 11.8 Å². The normalized spacial score (nSPS) is 18.6. The predicted octanol–water partition coefficient (Wildman–Crippen LogP) is 1.46. The second-order valence-electron chi connectivity index (χ2n) is 4.88. The van der Waals surface area contributed by atoms with Crippen molar-refractivity contribution in [3.8, 4) is 0 Å². The van der Waals surface area contributed by atoms with Crippen molar-refractivity contribution >= 4 is 21.6 Å². The van der Waals surface area contributed by atoms with Gasteiger partial charge in [-0.3, -0.25) is 0 Å². The predicted molar refractivity (Wildman–Crippen MR) is 78.0 cm³/mol. The Bertz CT molecular complexity index is 525. The average molecular weight is 303 g/mol. The lowest BCUT2D eigenvalue weighted by atomic mass is 10.1. The molecule has 0 radical (unpaired) electrons. The summed E-state index contributed by atoms with van der Waals surface area (Å²) in [6.45, 7) is 3.72. The molecule has 0 amide bonds. The summed E-state index contributed by atoms with van der Waals surface area (Å²) in [5.74, 6) is 0. The number of rotatable bonds is 4. The molecule has 1 fully saturated rings. The third kappa shape index (κ3) is 4.45. The van der Waals surface area contributed by atoms with Gasteiger partial charge in [-0.05, 0) is 24.1 Å². The van der Waals surface area contributed by atoms with Gasteiger partial charge in [-0.1, -0.05) is 23.7 Å². The fraction of sp³-hybridized carbons (Fsp3) is 0.538. The molecule has 6 heteroatoms. The van der Waals surface area contributed by atoms with E-state index in [1.807, 2.05) is 18.2 Å². The molecule has 106 valence electrons. The Kier molecular flexibility index (Phi) is 4.84. The summed E-state index contributed by atoms with van der Waals surface area (Å²) < 4.78 is 24.3. The Morgan fingerprint density at radius 2 is 1.89 bits per heavy atom. The second-order valence-corrected chi connectivity index (χ2v) is 7.30. The molecule has 1 saturated heterocycles. The van der Waals surface area contributed by atoms with Crippen LogP contribution in [0.3, 0.4) is 0 Å². The lowest BCUT2D eigenvalue weighted by Crippen LogP contribution is -2.48. The van der Waals surface area contributed by atoms with E-state index in [9.17, 15) is 8.42 Å². The molecule has 0 unspecified atom stereocenters. The third-order valence-electron chi connectivity index (χ3n) is 3.41. The van der Waals surface area contributed by atoms with Crippen molar-refractivity contribution in [2.24, 2.45) is 0 Å². The Balaban J connectivity index is 1.80.